The van der Waals surface area contributed by atoms with E-state index in [9.17, 15) is 5.26 Å². The fraction of sp³-hybridized carbons (Fsp3) is 0.533. The molecule has 19 heavy (non-hydrogen) atoms. The van der Waals surface area contributed by atoms with E-state index in [0.717, 1.165) is 31.8 Å². The number of likely N-dealkylation sites (N-methyl/N-ethyl adjacent to an activating group) is 1. The van der Waals surface area contributed by atoms with Gasteiger partial charge in [0.15, 0.2) is 0 Å². The van der Waals surface area contributed by atoms with Crippen LogP contribution in [0.15, 0.2) is 30.3 Å². The molecule has 1 fully saturated rings. The molecule has 0 radical (unpaired) electrons. The molecule has 0 amide bonds. The molecule has 2 unspecified atom stereocenters. The lowest BCUT2D eigenvalue weighted by atomic mass is 10.0. The van der Waals surface area contributed by atoms with Crippen LogP contribution in [-0.4, -0.2) is 50.8 Å². The van der Waals surface area contributed by atoms with Gasteiger partial charge in [-0.15, -0.1) is 0 Å². The first kappa shape index (κ1) is 14.0. The molecular weight excluding hydrogens is 238 g/mol. The molecule has 1 aromatic rings. The Hall–Kier alpha value is -1.41. The maximum atomic E-state index is 9.23. The first-order valence-corrected chi connectivity index (χ1v) is 6.75. The lowest BCUT2D eigenvalue weighted by Gasteiger charge is -2.30. The predicted octanol–water partition coefficient (Wildman–Crippen LogP) is 1.21. The van der Waals surface area contributed by atoms with Gasteiger partial charge in [-0.05, 0) is 12.6 Å². The molecule has 0 spiro atoms. The average molecular weight is 259 g/mol. The van der Waals surface area contributed by atoms with Crippen molar-refractivity contribution in [1.29, 1.82) is 5.26 Å². The summed E-state index contributed by atoms with van der Waals surface area (Å²) in [5, 5.41) is 12.6. The molecular formula is C15H21N3O. The molecule has 1 saturated heterocycles. The molecule has 1 aliphatic rings. The number of nitrogens with one attached hydrogen (secondary N) is 1. The van der Waals surface area contributed by atoms with E-state index >= 15 is 0 Å². The van der Waals surface area contributed by atoms with Crippen LogP contribution in [0.25, 0.3) is 0 Å². The van der Waals surface area contributed by atoms with E-state index in [2.05, 4.69) is 23.3 Å². The van der Waals surface area contributed by atoms with Crippen LogP contribution in [0.1, 0.15) is 11.5 Å². The van der Waals surface area contributed by atoms with Crippen molar-refractivity contribution < 1.29 is 4.74 Å². The maximum absolute atomic E-state index is 9.23. The molecule has 0 aliphatic carbocycles. The number of morpholine rings is 1. The van der Waals surface area contributed by atoms with E-state index in [1.165, 1.54) is 0 Å². The zero-order chi connectivity index (χ0) is 13.5. The van der Waals surface area contributed by atoms with E-state index in [4.69, 9.17) is 4.74 Å². The molecule has 2 rings (SSSR count). The second kappa shape index (κ2) is 7.25. The van der Waals surface area contributed by atoms with Crippen LogP contribution in [-0.2, 0) is 4.74 Å². The second-order valence-corrected chi connectivity index (χ2v) is 5.01. The van der Waals surface area contributed by atoms with Gasteiger partial charge in [0.2, 0.25) is 0 Å². The first-order valence-electron chi connectivity index (χ1n) is 6.75. The van der Waals surface area contributed by atoms with Crippen LogP contribution in [0.5, 0.6) is 0 Å². The summed E-state index contributed by atoms with van der Waals surface area (Å²) in [5.41, 5.74) is 1.07. The molecule has 1 aliphatic heterocycles. The van der Waals surface area contributed by atoms with Crippen molar-refractivity contribution in [2.45, 2.75) is 12.0 Å². The van der Waals surface area contributed by atoms with E-state index in [1.54, 1.807) is 0 Å². The van der Waals surface area contributed by atoms with Gasteiger partial charge in [0.05, 0.1) is 24.7 Å². The summed E-state index contributed by atoms with van der Waals surface area (Å²) in [6.45, 7) is 4.22. The highest BCUT2D eigenvalue weighted by Gasteiger charge is 2.18. The van der Waals surface area contributed by atoms with Gasteiger partial charge in [-0.25, -0.2) is 0 Å². The lowest BCUT2D eigenvalue weighted by molar-refractivity contribution is -0.0180. The van der Waals surface area contributed by atoms with E-state index in [-0.39, 0.29) is 12.0 Å². The number of nitriles is 1. The SMILES string of the molecule is CN1CCOC(CNCC(C#N)c2ccccc2)C1. The number of rotatable bonds is 5. The highest BCUT2D eigenvalue weighted by atomic mass is 16.5. The van der Waals surface area contributed by atoms with Crippen LogP contribution in [0, 0.1) is 11.3 Å². The maximum Gasteiger partial charge on any atom is 0.0837 e. The van der Waals surface area contributed by atoms with Crippen molar-refractivity contribution in [3.8, 4) is 6.07 Å². The standard InChI is InChI=1S/C15H21N3O/c1-18-7-8-19-15(12-18)11-17-10-14(9-16)13-5-3-2-4-6-13/h2-6,14-15,17H,7-8,10-12H2,1H3. The Morgan fingerprint density at radius 2 is 2.26 bits per heavy atom. The zero-order valence-corrected chi connectivity index (χ0v) is 11.4. The monoisotopic (exact) mass is 259 g/mol. The van der Waals surface area contributed by atoms with Crippen LogP contribution in [0.2, 0.25) is 0 Å². The summed E-state index contributed by atoms with van der Waals surface area (Å²) in [6, 6.07) is 12.3. The lowest BCUT2D eigenvalue weighted by Crippen LogP contribution is -2.45. The number of hydrogen-bond donors (Lipinski definition) is 1. The Morgan fingerprint density at radius 3 is 2.95 bits per heavy atom. The smallest absolute Gasteiger partial charge is 0.0837 e. The van der Waals surface area contributed by atoms with Crippen molar-refractivity contribution in [3.05, 3.63) is 35.9 Å². The minimum Gasteiger partial charge on any atom is -0.374 e. The quantitative estimate of drug-likeness (QED) is 0.863. The highest BCUT2D eigenvalue weighted by Crippen LogP contribution is 2.13. The van der Waals surface area contributed by atoms with Gasteiger partial charge in [0.1, 0.15) is 0 Å². The minimum atomic E-state index is -0.0949. The molecule has 4 heteroatoms. The predicted molar refractivity (Wildman–Crippen MR) is 74.9 cm³/mol. The van der Waals surface area contributed by atoms with Crippen LogP contribution < -0.4 is 5.32 Å². The summed E-state index contributed by atoms with van der Waals surface area (Å²) < 4.78 is 5.68. The van der Waals surface area contributed by atoms with E-state index < -0.39 is 0 Å². The highest BCUT2D eigenvalue weighted by molar-refractivity contribution is 5.24. The molecule has 4 nitrogen and oxygen atoms in total. The zero-order valence-electron chi connectivity index (χ0n) is 11.4. The van der Waals surface area contributed by atoms with Crippen molar-refractivity contribution in [3.63, 3.8) is 0 Å². The molecule has 0 bridgehead atoms. The van der Waals surface area contributed by atoms with Gasteiger partial charge < -0.3 is 15.0 Å². The fourth-order valence-corrected chi connectivity index (χ4v) is 2.30. The van der Waals surface area contributed by atoms with Gasteiger partial charge in [-0.2, -0.15) is 5.26 Å². The molecule has 1 heterocycles. The van der Waals surface area contributed by atoms with Gasteiger partial charge in [0.25, 0.3) is 0 Å². The topological polar surface area (TPSA) is 48.3 Å². The molecule has 1 aromatic carbocycles. The third kappa shape index (κ3) is 4.32. The summed E-state index contributed by atoms with van der Waals surface area (Å²) in [7, 11) is 2.11. The summed E-state index contributed by atoms with van der Waals surface area (Å²) in [5.74, 6) is -0.0949. The molecule has 0 aromatic heterocycles. The van der Waals surface area contributed by atoms with Crippen molar-refractivity contribution in [2.24, 2.45) is 0 Å². The number of ether oxygens (including phenoxy) is 1. The second-order valence-electron chi connectivity index (χ2n) is 5.01. The Morgan fingerprint density at radius 1 is 1.47 bits per heavy atom. The van der Waals surface area contributed by atoms with Gasteiger partial charge in [-0.1, -0.05) is 30.3 Å². The molecule has 0 saturated carbocycles. The Bertz CT molecular complexity index is 415. The van der Waals surface area contributed by atoms with E-state index in [0.29, 0.717) is 6.54 Å². The summed E-state index contributed by atoms with van der Waals surface area (Å²) >= 11 is 0. The largest absolute Gasteiger partial charge is 0.374 e. The van der Waals surface area contributed by atoms with Crippen molar-refractivity contribution in [2.75, 3.05) is 39.8 Å². The molecule has 2 atom stereocenters. The number of benzene rings is 1. The Labute approximate surface area is 115 Å². The number of hydrogen-bond acceptors (Lipinski definition) is 4. The van der Waals surface area contributed by atoms with Crippen molar-refractivity contribution in [1.82, 2.24) is 10.2 Å². The fourth-order valence-electron chi connectivity index (χ4n) is 2.30. The van der Waals surface area contributed by atoms with E-state index in [1.807, 2.05) is 30.3 Å². The minimum absolute atomic E-state index is 0.0949. The van der Waals surface area contributed by atoms with Crippen LogP contribution in [0.3, 0.4) is 0 Å². The van der Waals surface area contributed by atoms with Gasteiger partial charge in [-0.3, -0.25) is 0 Å². The Balaban J connectivity index is 1.76. The van der Waals surface area contributed by atoms with Gasteiger partial charge in [0, 0.05) is 26.2 Å². The number of nitrogens with zero attached hydrogens (tertiary/aromatic N) is 2. The van der Waals surface area contributed by atoms with Crippen molar-refractivity contribution >= 4 is 0 Å². The first-order chi connectivity index (χ1) is 9.29. The third-order valence-electron chi connectivity index (χ3n) is 3.42. The normalized spacial score (nSPS) is 21.8. The summed E-state index contributed by atoms with van der Waals surface area (Å²) in [4.78, 5) is 2.27. The van der Waals surface area contributed by atoms with Crippen LogP contribution >= 0.6 is 0 Å². The van der Waals surface area contributed by atoms with Crippen LogP contribution in [0.4, 0.5) is 0 Å². The molecule has 102 valence electrons. The average Bonchev–Trinajstić information content (AvgIpc) is 2.45. The molecule has 1 N–H and O–H groups in total. The summed E-state index contributed by atoms with van der Waals surface area (Å²) in [6.07, 6.45) is 0.230. The van der Waals surface area contributed by atoms with Gasteiger partial charge >= 0.3 is 0 Å². The Kier molecular flexibility index (Phi) is 5.34. The third-order valence-corrected chi connectivity index (χ3v) is 3.42.